The average molecular weight is 188 g/mol. The Labute approximate surface area is 75.5 Å². The number of carboxylic acid groups (broad SMARTS) is 1. The molecule has 2 N–H and O–H groups in total. The molecule has 13 heavy (non-hydrogen) atoms. The van der Waals surface area contributed by atoms with Gasteiger partial charge in [0, 0.05) is 19.6 Å². The van der Waals surface area contributed by atoms with E-state index < -0.39 is 6.16 Å². The number of ether oxygens (including phenoxy) is 1. The quantitative estimate of drug-likeness (QED) is 0.562. The van der Waals surface area contributed by atoms with Crippen molar-refractivity contribution in [3.63, 3.8) is 0 Å². The summed E-state index contributed by atoms with van der Waals surface area (Å²) >= 11 is 0. The summed E-state index contributed by atoms with van der Waals surface area (Å²) in [6.45, 7) is 2.27. The van der Waals surface area contributed by atoms with Gasteiger partial charge in [-0.2, -0.15) is 0 Å². The molecule has 74 valence electrons. The molecule has 1 aliphatic heterocycles. The van der Waals surface area contributed by atoms with E-state index in [-0.39, 0.29) is 12.5 Å². The number of piperazine rings is 1. The van der Waals surface area contributed by atoms with Gasteiger partial charge in [-0.1, -0.05) is 0 Å². The Kier molecular flexibility index (Phi) is 3.51. The van der Waals surface area contributed by atoms with Crippen LogP contribution in [0.25, 0.3) is 0 Å². The minimum absolute atomic E-state index is 0.0263. The molecule has 1 saturated heterocycles. The van der Waals surface area contributed by atoms with E-state index in [0.717, 1.165) is 6.54 Å². The van der Waals surface area contributed by atoms with E-state index in [4.69, 9.17) is 5.11 Å². The Morgan fingerprint density at radius 2 is 2.46 bits per heavy atom. The Morgan fingerprint density at radius 1 is 1.69 bits per heavy atom. The van der Waals surface area contributed by atoms with E-state index in [9.17, 15) is 9.59 Å². The monoisotopic (exact) mass is 188 g/mol. The molecular weight excluding hydrogens is 176 g/mol. The highest BCUT2D eigenvalue weighted by Crippen LogP contribution is 1.92. The Balaban J connectivity index is 2.13. The van der Waals surface area contributed by atoms with Gasteiger partial charge in [0.15, 0.2) is 0 Å². The summed E-state index contributed by atoms with van der Waals surface area (Å²) in [4.78, 5) is 22.7. The van der Waals surface area contributed by atoms with Crippen LogP contribution in [0.4, 0.5) is 4.79 Å². The van der Waals surface area contributed by atoms with E-state index in [2.05, 4.69) is 10.1 Å². The summed E-state index contributed by atoms with van der Waals surface area (Å²) in [7, 11) is 0. The minimum atomic E-state index is -1.28. The van der Waals surface area contributed by atoms with Gasteiger partial charge in [0.2, 0.25) is 5.91 Å². The maximum atomic E-state index is 10.9. The summed E-state index contributed by atoms with van der Waals surface area (Å²) in [5, 5.41) is 10.8. The van der Waals surface area contributed by atoms with Gasteiger partial charge in [-0.3, -0.25) is 9.69 Å². The summed E-state index contributed by atoms with van der Waals surface area (Å²) < 4.78 is 4.32. The molecule has 1 rings (SSSR count). The van der Waals surface area contributed by atoms with E-state index >= 15 is 0 Å². The maximum absolute atomic E-state index is 10.9. The van der Waals surface area contributed by atoms with E-state index in [0.29, 0.717) is 19.6 Å². The van der Waals surface area contributed by atoms with Gasteiger partial charge < -0.3 is 15.2 Å². The summed E-state index contributed by atoms with van der Waals surface area (Å²) in [6.07, 6.45) is -1.28. The number of hydrogen-bond acceptors (Lipinski definition) is 4. The van der Waals surface area contributed by atoms with Crippen LogP contribution in [-0.4, -0.2) is 54.9 Å². The second-order valence-electron chi connectivity index (χ2n) is 2.74. The van der Waals surface area contributed by atoms with Crippen molar-refractivity contribution in [1.82, 2.24) is 10.2 Å². The van der Waals surface area contributed by atoms with Gasteiger partial charge in [0.1, 0.15) is 6.61 Å². The highest BCUT2D eigenvalue weighted by molar-refractivity contribution is 5.78. The van der Waals surface area contributed by atoms with Gasteiger partial charge in [-0.25, -0.2) is 4.79 Å². The summed E-state index contributed by atoms with van der Waals surface area (Å²) in [5.74, 6) is -0.0263. The smallest absolute Gasteiger partial charge is 0.450 e. The van der Waals surface area contributed by atoms with Crippen LogP contribution in [0.3, 0.4) is 0 Å². The third-order valence-corrected chi connectivity index (χ3v) is 1.75. The molecule has 0 aromatic rings. The molecule has 0 radical (unpaired) electrons. The first-order valence-corrected chi connectivity index (χ1v) is 4.03. The van der Waals surface area contributed by atoms with Gasteiger partial charge >= 0.3 is 6.16 Å². The normalized spacial score (nSPS) is 18.0. The number of carbonyl (C=O) groups is 2. The largest absolute Gasteiger partial charge is 0.505 e. The second-order valence-corrected chi connectivity index (χ2v) is 2.74. The van der Waals surface area contributed by atoms with Crippen molar-refractivity contribution in [2.75, 3.05) is 32.8 Å². The number of nitrogens with zero attached hydrogens (tertiary/aromatic N) is 1. The van der Waals surface area contributed by atoms with Crippen LogP contribution in [0, 0.1) is 0 Å². The fourth-order valence-electron chi connectivity index (χ4n) is 1.14. The van der Waals surface area contributed by atoms with Crippen molar-refractivity contribution in [3.05, 3.63) is 0 Å². The molecule has 0 aliphatic carbocycles. The Bertz CT molecular complexity index is 207. The molecule has 6 nitrogen and oxygen atoms in total. The Hall–Kier alpha value is -1.30. The maximum Gasteiger partial charge on any atom is 0.505 e. The second kappa shape index (κ2) is 4.66. The van der Waals surface area contributed by atoms with Crippen LogP contribution in [0.5, 0.6) is 0 Å². The van der Waals surface area contributed by atoms with Gasteiger partial charge in [-0.15, -0.1) is 0 Å². The zero-order chi connectivity index (χ0) is 9.68. The van der Waals surface area contributed by atoms with Crippen LogP contribution in [0.1, 0.15) is 0 Å². The van der Waals surface area contributed by atoms with Crippen molar-refractivity contribution in [2.45, 2.75) is 0 Å². The highest BCUT2D eigenvalue weighted by atomic mass is 16.7. The molecule has 6 heteroatoms. The lowest BCUT2D eigenvalue weighted by Gasteiger charge is -2.25. The van der Waals surface area contributed by atoms with Crippen molar-refractivity contribution in [3.8, 4) is 0 Å². The summed E-state index contributed by atoms with van der Waals surface area (Å²) in [6, 6.07) is 0. The molecule has 0 unspecified atom stereocenters. The van der Waals surface area contributed by atoms with E-state index in [1.165, 1.54) is 0 Å². The molecule has 0 aromatic carbocycles. The lowest BCUT2D eigenvalue weighted by molar-refractivity contribution is -0.124. The molecule has 1 fully saturated rings. The van der Waals surface area contributed by atoms with Crippen LogP contribution in [0.15, 0.2) is 0 Å². The predicted molar refractivity (Wildman–Crippen MR) is 43.4 cm³/mol. The average Bonchev–Trinajstić information content (AvgIpc) is 2.03. The van der Waals surface area contributed by atoms with Crippen LogP contribution in [0.2, 0.25) is 0 Å². The van der Waals surface area contributed by atoms with Crippen LogP contribution >= 0.6 is 0 Å². The molecule has 0 spiro atoms. The SMILES string of the molecule is O=C1CN(CCOC(=O)O)CCN1. The fourth-order valence-corrected chi connectivity index (χ4v) is 1.14. The standard InChI is InChI=1S/C7H12N2O4/c10-6-5-9(2-1-8-6)3-4-13-7(11)12/h1-5H2,(H,8,10)(H,11,12). The third kappa shape index (κ3) is 3.75. The number of nitrogens with one attached hydrogen (secondary N) is 1. The lowest BCUT2D eigenvalue weighted by atomic mass is 10.3. The van der Waals surface area contributed by atoms with Gasteiger partial charge in [-0.05, 0) is 0 Å². The molecule has 0 aromatic heterocycles. The zero-order valence-electron chi connectivity index (χ0n) is 7.15. The molecule has 0 saturated carbocycles. The van der Waals surface area contributed by atoms with Crippen molar-refractivity contribution in [1.29, 1.82) is 0 Å². The van der Waals surface area contributed by atoms with Crippen molar-refractivity contribution in [2.24, 2.45) is 0 Å². The molecule has 0 atom stereocenters. The number of carbonyl (C=O) groups excluding carboxylic acids is 1. The third-order valence-electron chi connectivity index (χ3n) is 1.75. The first-order valence-electron chi connectivity index (χ1n) is 4.03. The topological polar surface area (TPSA) is 78.9 Å². The van der Waals surface area contributed by atoms with Gasteiger partial charge in [0.05, 0.1) is 6.54 Å². The van der Waals surface area contributed by atoms with Crippen LogP contribution < -0.4 is 5.32 Å². The van der Waals surface area contributed by atoms with E-state index in [1.807, 2.05) is 4.90 Å². The predicted octanol–water partition coefficient (Wildman–Crippen LogP) is -0.887. The van der Waals surface area contributed by atoms with Crippen molar-refractivity contribution < 1.29 is 19.4 Å². The fraction of sp³-hybridized carbons (Fsp3) is 0.714. The molecule has 1 aliphatic rings. The summed E-state index contributed by atoms with van der Waals surface area (Å²) in [5.41, 5.74) is 0. The Morgan fingerprint density at radius 3 is 3.08 bits per heavy atom. The first-order chi connectivity index (χ1) is 6.18. The van der Waals surface area contributed by atoms with E-state index in [1.54, 1.807) is 0 Å². The first kappa shape index (κ1) is 9.79. The highest BCUT2D eigenvalue weighted by Gasteiger charge is 2.15. The number of rotatable bonds is 3. The van der Waals surface area contributed by atoms with Gasteiger partial charge in [0.25, 0.3) is 0 Å². The molecule has 0 bridgehead atoms. The number of amides is 1. The number of hydrogen-bond donors (Lipinski definition) is 2. The van der Waals surface area contributed by atoms with Crippen LogP contribution in [-0.2, 0) is 9.53 Å². The minimum Gasteiger partial charge on any atom is -0.450 e. The zero-order valence-corrected chi connectivity index (χ0v) is 7.15. The molecule has 1 heterocycles. The van der Waals surface area contributed by atoms with Crippen molar-refractivity contribution >= 4 is 12.1 Å². The molecular formula is C7H12N2O4. The molecule has 1 amide bonds. The lowest BCUT2D eigenvalue weighted by Crippen LogP contribution is -2.48.